The fourth-order valence-corrected chi connectivity index (χ4v) is 11.0. The summed E-state index contributed by atoms with van der Waals surface area (Å²) >= 11 is 14.7. The summed E-state index contributed by atoms with van der Waals surface area (Å²) in [5.41, 5.74) is 11.3. The van der Waals surface area contributed by atoms with Crippen molar-refractivity contribution in [2.45, 2.75) is 57.8 Å². The van der Waals surface area contributed by atoms with E-state index in [1.165, 1.54) is 0 Å². The Hall–Kier alpha value is -0.200. The Morgan fingerprint density at radius 1 is 0.556 bits per heavy atom. The van der Waals surface area contributed by atoms with Crippen molar-refractivity contribution in [2.75, 3.05) is 13.1 Å². The van der Waals surface area contributed by atoms with Crippen molar-refractivity contribution in [2.24, 2.45) is 58.8 Å². The lowest BCUT2D eigenvalue weighted by molar-refractivity contribution is -0.135. The smallest absolute Gasteiger partial charge is 0.224 e. The van der Waals surface area contributed by atoms with E-state index < -0.39 is 11.8 Å². The molecule has 12 atom stereocenters. The highest BCUT2D eigenvalue weighted by molar-refractivity contribution is 9.12. The van der Waals surface area contributed by atoms with Crippen LogP contribution in [0.3, 0.4) is 0 Å². The highest BCUT2D eigenvalue weighted by Crippen LogP contribution is 2.58. The van der Waals surface area contributed by atoms with Gasteiger partial charge in [0.25, 0.3) is 0 Å². The number of amides is 4. The molecular weight excluding hydrogens is 728 g/mol. The average Bonchev–Trinajstić information content (AvgIpc) is 3.55. The molecule has 4 saturated carbocycles. The number of hydrogen-bond acceptors (Lipinski definition) is 4. The Kier molecular flexibility index (Phi) is 9.52. The summed E-state index contributed by atoms with van der Waals surface area (Å²) in [5, 5.41) is 6.02. The molecule has 4 rings (SSSR count). The van der Waals surface area contributed by atoms with Gasteiger partial charge in [-0.1, -0.05) is 76.6 Å². The van der Waals surface area contributed by atoms with E-state index in [9.17, 15) is 19.2 Å². The second kappa shape index (κ2) is 11.9. The molecule has 36 heavy (non-hydrogen) atoms. The highest BCUT2D eigenvalue weighted by Gasteiger charge is 2.61. The Morgan fingerprint density at radius 3 is 1.17 bits per heavy atom. The quantitative estimate of drug-likeness (QED) is 0.190. The van der Waals surface area contributed by atoms with E-state index in [4.69, 9.17) is 11.5 Å². The molecule has 0 aromatic heterocycles. The maximum absolute atomic E-state index is 12.9. The molecule has 202 valence electrons. The summed E-state index contributed by atoms with van der Waals surface area (Å²) in [6.07, 6.45) is 5.16. The van der Waals surface area contributed by atoms with Gasteiger partial charge >= 0.3 is 0 Å². The van der Waals surface area contributed by atoms with E-state index in [0.717, 1.165) is 38.5 Å². The molecule has 6 N–H and O–H groups in total. The van der Waals surface area contributed by atoms with E-state index in [2.05, 4.69) is 74.4 Å². The zero-order chi connectivity index (χ0) is 26.3. The van der Waals surface area contributed by atoms with E-state index in [-0.39, 0.29) is 78.4 Å². The normalized spacial score (nSPS) is 42.4. The molecule has 4 amide bonds. The first kappa shape index (κ1) is 28.8. The molecule has 0 aromatic carbocycles. The van der Waals surface area contributed by atoms with Gasteiger partial charge in [-0.2, -0.15) is 0 Å². The molecule has 0 aliphatic heterocycles. The molecule has 0 saturated heterocycles. The number of carbonyl (C=O) groups is 4. The van der Waals surface area contributed by atoms with Crippen molar-refractivity contribution < 1.29 is 19.2 Å². The molecule has 0 radical (unpaired) electrons. The van der Waals surface area contributed by atoms with Gasteiger partial charge in [0.05, 0.1) is 23.7 Å². The van der Waals surface area contributed by atoms with Crippen LogP contribution in [0.1, 0.15) is 38.5 Å². The van der Waals surface area contributed by atoms with Crippen molar-refractivity contribution in [3.8, 4) is 0 Å². The fourth-order valence-electron chi connectivity index (χ4n) is 7.29. The molecule has 0 spiro atoms. The van der Waals surface area contributed by atoms with Crippen LogP contribution in [0, 0.1) is 47.3 Å². The second-order valence-electron chi connectivity index (χ2n) is 10.8. The van der Waals surface area contributed by atoms with Crippen molar-refractivity contribution in [3.05, 3.63) is 0 Å². The number of unbranched alkanes of at least 4 members (excludes halogenated alkanes) is 3. The number of halogens is 4. The van der Waals surface area contributed by atoms with Gasteiger partial charge in [-0.05, 0) is 49.4 Å². The van der Waals surface area contributed by atoms with E-state index >= 15 is 0 Å². The first-order chi connectivity index (χ1) is 17.1. The van der Waals surface area contributed by atoms with Gasteiger partial charge in [0.1, 0.15) is 0 Å². The monoisotopic (exact) mass is 758 g/mol. The van der Waals surface area contributed by atoms with Gasteiger partial charge in [-0.25, -0.2) is 0 Å². The lowest BCUT2D eigenvalue weighted by Gasteiger charge is -2.34. The number of hydrogen-bond donors (Lipinski definition) is 4. The van der Waals surface area contributed by atoms with Gasteiger partial charge in [0, 0.05) is 32.4 Å². The number of rotatable bonds is 11. The molecular formula is C24H34Br4N4O4. The maximum atomic E-state index is 12.9. The van der Waals surface area contributed by atoms with Crippen molar-refractivity contribution in [1.82, 2.24) is 10.6 Å². The third kappa shape index (κ3) is 5.30. The Labute approximate surface area is 245 Å². The SMILES string of the molecule is NC(=O)C1C2CC(C(Br)C2Br)C1C(=O)NCCCCCCNC(=O)C1C2CC(C(Br)C2Br)C1C(N)=O. The molecule has 4 bridgehead atoms. The zero-order valence-electron chi connectivity index (χ0n) is 19.9. The van der Waals surface area contributed by atoms with Crippen LogP contribution in [0.5, 0.6) is 0 Å². The predicted molar refractivity (Wildman–Crippen MR) is 151 cm³/mol. The summed E-state index contributed by atoms with van der Waals surface area (Å²) in [6.45, 7) is 1.11. The largest absolute Gasteiger partial charge is 0.369 e. The van der Waals surface area contributed by atoms with Crippen LogP contribution in [0.25, 0.3) is 0 Å². The number of fused-ring (bicyclic) bond motifs is 4. The van der Waals surface area contributed by atoms with Gasteiger partial charge in [-0.3, -0.25) is 19.2 Å². The van der Waals surface area contributed by atoms with E-state index in [0.29, 0.717) is 13.1 Å². The Bertz CT molecular complexity index is 824. The summed E-state index contributed by atoms with van der Waals surface area (Å²) < 4.78 is 0. The minimum atomic E-state index is -0.415. The number of carbonyl (C=O) groups excluding carboxylic acids is 4. The topological polar surface area (TPSA) is 144 Å². The fraction of sp³-hybridized carbons (Fsp3) is 0.833. The first-order valence-electron chi connectivity index (χ1n) is 12.8. The summed E-state index contributed by atoms with van der Waals surface area (Å²) in [7, 11) is 0. The summed E-state index contributed by atoms with van der Waals surface area (Å²) in [5.74, 6) is -2.06. The van der Waals surface area contributed by atoms with Crippen molar-refractivity contribution >= 4 is 87.3 Å². The van der Waals surface area contributed by atoms with Gasteiger partial charge in [-0.15, -0.1) is 0 Å². The van der Waals surface area contributed by atoms with Crippen LogP contribution in [-0.2, 0) is 19.2 Å². The Balaban J connectivity index is 1.13. The van der Waals surface area contributed by atoms with Gasteiger partial charge in [0.2, 0.25) is 23.6 Å². The summed E-state index contributed by atoms with van der Waals surface area (Å²) in [6, 6.07) is 0. The molecule has 4 fully saturated rings. The van der Waals surface area contributed by atoms with Gasteiger partial charge < -0.3 is 22.1 Å². The first-order valence-corrected chi connectivity index (χ1v) is 16.4. The number of alkyl halides is 4. The van der Waals surface area contributed by atoms with Crippen LogP contribution in [0.4, 0.5) is 0 Å². The maximum Gasteiger partial charge on any atom is 0.224 e. The minimum absolute atomic E-state index is 0.0758. The molecule has 0 heterocycles. The van der Waals surface area contributed by atoms with Crippen LogP contribution < -0.4 is 22.1 Å². The molecule has 0 aromatic rings. The van der Waals surface area contributed by atoms with E-state index in [1.54, 1.807) is 0 Å². The lowest BCUT2D eigenvalue weighted by Crippen LogP contribution is -2.49. The van der Waals surface area contributed by atoms with Crippen LogP contribution in [0.2, 0.25) is 0 Å². The molecule has 12 heteroatoms. The molecule has 12 unspecified atom stereocenters. The predicted octanol–water partition coefficient (Wildman–Crippen LogP) is 2.57. The van der Waals surface area contributed by atoms with Crippen LogP contribution in [-0.4, -0.2) is 56.0 Å². The highest BCUT2D eigenvalue weighted by atomic mass is 79.9. The third-order valence-electron chi connectivity index (χ3n) is 8.92. The molecule has 4 aliphatic carbocycles. The lowest BCUT2D eigenvalue weighted by atomic mass is 9.78. The molecule has 8 nitrogen and oxygen atoms in total. The number of nitrogens with two attached hydrogens (primary N) is 2. The average molecular weight is 762 g/mol. The standard InChI is InChI=1S/C24H34Br4N4O4/c25-17-9-7-11(19(17)27)15(13(9)21(29)33)23(35)31-5-3-1-2-4-6-32-24(36)16-12-8-10(14(16)22(30)34)18(26)20(12)28/h9-20H,1-8H2,(H2,29,33)(H2,30,34)(H,31,35)(H,32,36). The van der Waals surface area contributed by atoms with E-state index in [1.807, 2.05) is 0 Å². The van der Waals surface area contributed by atoms with Gasteiger partial charge in [0.15, 0.2) is 0 Å². The van der Waals surface area contributed by atoms with Crippen LogP contribution >= 0.6 is 63.7 Å². The van der Waals surface area contributed by atoms with Crippen LogP contribution in [0.15, 0.2) is 0 Å². The minimum Gasteiger partial charge on any atom is -0.369 e. The summed E-state index contributed by atoms with van der Waals surface area (Å²) in [4.78, 5) is 50.5. The van der Waals surface area contributed by atoms with Crippen molar-refractivity contribution in [3.63, 3.8) is 0 Å². The Morgan fingerprint density at radius 2 is 0.861 bits per heavy atom. The third-order valence-corrected chi connectivity index (χ3v) is 15.3. The number of primary amides is 2. The van der Waals surface area contributed by atoms with Crippen molar-refractivity contribution in [1.29, 1.82) is 0 Å². The molecule has 4 aliphatic rings. The zero-order valence-corrected chi connectivity index (χ0v) is 26.2. The number of nitrogens with one attached hydrogen (secondary N) is 2. The second-order valence-corrected chi connectivity index (χ2v) is 15.0.